The van der Waals surface area contributed by atoms with E-state index in [1.54, 1.807) is 0 Å². The Balaban J connectivity index is 1.93. The van der Waals surface area contributed by atoms with Gasteiger partial charge in [0.15, 0.2) is 0 Å². The first-order valence-corrected chi connectivity index (χ1v) is 8.13. The zero-order chi connectivity index (χ0) is 15.7. The number of H-pyrrole nitrogens is 1. The maximum atomic E-state index is 6.05. The third-order valence-electron chi connectivity index (χ3n) is 4.97. The van der Waals surface area contributed by atoms with Crippen molar-refractivity contribution in [3.63, 3.8) is 0 Å². The van der Waals surface area contributed by atoms with Gasteiger partial charge in [0, 0.05) is 32.6 Å². The number of rotatable bonds is 0. The average molecular weight is 307 g/mol. The first-order chi connectivity index (χ1) is 11.9. The second-order valence-corrected chi connectivity index (χ2v) is 6.33. The van der Waals surface area contributed by atoms with Crippen LogP contribution in [0.2, 0.25) is 0 Å². The number of aromatic amines is 1. The van der Waals surface area contributed by atoms with E-state index >= 15 is 0 Å². The summed E-state index contributed by atoms with van der Waals surface area (Å²) in [6, 6.07) is 25.5. The molecular formula is C22H13NO. The number of hydrogen-bond donors (Lipinski definition) is 1. The summed E-state index contributed by atoms with van der Waals surface area (Å²) < 4.78 is 6.05. The zero-order valence-corrected chi connectivity index (χ0v) is 12.8. The van der Waals surface area contributed by atoms with Gasteiger partial charge in [-0.15, -0.1) is 0 Å². The molecule has 2 aromatic heterocycles. The van der Waals surface area contributed by atoms with Crippen LogP contribution in [0.15, 0.2) is 77.2 Å². The van der Waals surface area contributed by atoms with Crippen LogP contribution in [0.5, 0.6) is 0 Å². The van der Waals surface area contributed by atoms with Crippen LogP contribution in [0.1, 0.15) is 0 Å². The highest BCUT2D eigenvalue weighted by Crippen LogP contribution is 2.39. The smallest absolute Gasteiger partial charge is 0.136 e. The molecule has 0 atom stereocenters. The number of benzene rings is 4. The topological polar surface area (TPSA) is 28.9 Å². The van der Waals surface area contributed by atoms with Gasteiger partial charge in [-0.1, -0.05) is 42.5 Å². The van der Waals surface area contributed by atoms with Gasteiger partial charge in [0.1, 0.15) is 11.2 Å². The van der Waals surface area contributed by atoms with Gasteiger partial charge in [0.2, 0.25) is 0 Å². The second-order valence-electron chi connectivity index (χ2n) is 6.33. The third kappa shape index (κ3) is 1.45. The molecule has 4 aromatic carbocycles. The molecule has 0 aliphatic heterocycles. The van der Waals surface area contributed by atoms with Crippen molar-refractivity contribution in [1.29, 1.82) is 0 Å². The van der Waals surface area contributed by atoms with Crippen molar-refractivity contribution in [1.82, 2.24) is 4.98 Å². The molecule has 0 saturated heterocycles. The molecule has 2 heterocycles. The number of para-hydroxylation sites is 1. The van der Waals surface area contributed by atoms with Crippen LogP contribution in [0, 0.1) is 0 Å². The molecule has 0 unspecified atom stereocenters. The summed E-state index contributed by atoms with van der Waals surface area (Å²) in [6.07, 6.45) is 0. The van der Waals surface area contributed by atoms with Gasteiger partial charge in [-0.25, -0.2) is 0 Å². The van der Waals surface area contributed by atoms with E-state index in [2.05, 4.69) is 65.6 Å². The maximum absolute atomic E-state index is 6.05. The summed E-state index contributed by atoms with van der Waals surface area (Å²) in [6.45, 7) is 0. The van der Waals surface area contributed by atoms with Gasteiger partial charge < -0.3 is 9.40 Å². The van der Waals surface area contributed by atoms with E-state index in [1.807, 2.05) is 12.1 Å². The second kappa shape index (κ2) is 4.18. The van der Waals surface area contributed by atoms with E-state index in [4.69, 9.17) is 4.42 Å². The highest BCUT2D eigenvalue weighted by Gasteiger charge is 2.14. The quantitative estimate of drug-likeness (QED) is 0.347. The van der Waals surface area contributed by atoms with Gasteiger partial charge in [0.25, 0.3) is 0 Å². The molecule has 2 heteroatoms. The minimum absolute atomic E-state index is 0.940. The molecule has 6 aromatic rings. The molecule has 0 amide bonds. The Kier molecular flexibility index (Phi) is 2.12. The minimum atomic E-state index is 0.940. The summed E-state index contributed by atoms with van der Waals surface area (Å²) in [5.74, 6) is 0. The highest BCUT2D eigenvalue weighted by atomic mass is 16.3. The normalized spacial score (nSPS) is 12.2. The molecule has 0 aliphatic rings. The molecular weight excluding hydrogens is 294 g/mol. The fourth-order valence-corrected chi connectivity index (χ4v) is 3.90. The standard InChI is InChI=1S/C22H13NO/c1-2-6-14-12-18-16(11-13(14)5-1)21-17(23-18)9-10-20-22(21)15-7-3-4-8-19(15)24-20/h1-12,23H. The van der Waals surface area contributed by atoms with Gasteiger partial charge in [-0.2, -0.15) is 0 Å². The first kappa shape index (κ1) is 12.2. The monoisotopic (exact) mass is 307 g/mol. The van der Waals surface area contributed by atoms with E-state index in [0.717, 1.165) is 16.7 Å². The highest BCUT2D eigenvalue weighted by molar-refractivity contribution is 6.27. The van der Waals surface area contributed by atoms with E-state index in [0.29, 0.717) is 0 Å². The molecule has 0 spiro atoms. The number of furan rings is 1. The SMILES string of the molecule is c1ccc2cc3c(cc2c1)[nH]c1ccc2oc4ccccc4c2c13. The van der Waals surface area contributed by atoms with Gasteiger partial charge in [-0.05, 0) is 41.1 Å². The number of nitrogens with one attached hydrogen (secondary N) is 1. The third-order valence-corrected chi connectivity index (χ3v) is 4.97. The lowest BCUT2D eigenvalue weighted by molar-refractivity contribution is 0.669. The van der Waals surface area contributed by atoms with Crippen molar-refractivity contribution in [3.8, 4) is 0 Å². The average Bonchev–Trinajstić information content (AvgIpc) is 3.16. The van der Waals surface area contributed by atoms with E-state index in [-0.39, 0.29) is 0 Å². The molecule has 0 saturated carbocycles. The molecule has 0 aliphatic carbocycles. The lowest BCUT2D eigenvalue weighted by Gasteiger charge is -1.99. The molecule has 112 valence electrons. The number of fused-ring (bicyclic) bond motifs is 8. The van der Waals surface area contributed by atoms with Crippen LogP contribution in [-0.2, 0) is 0 Å². The molecule has 2 nitrogen and oxygen atoms in total. The van der Waals surface area contributed by atoms with Crippen molar-refractivity contribution in [3.05, 3.63) is 72.8 Å². The Hall–Kier alpha value is -3.26. The van der Waals surface area contributed by atoms with Gasteiger partial charge in [0.05, 0.1) is 0 Å². The predicted octanol–water partition coefficient (Wildman–Crippen LogP) is 6.37. The van der Waals surface area contributed by atoms with Crippen LogP contribution >= 0.6 is 0 Å². The van der Waals surface area contributed by atoms with Gasteiger partial charge in [-0.3, -0.25) is 0 Å². The Morgan fingerprint density at radius 2 is 1.38 bits per heavy atom. The minimum Gasteiger partial charge on any atom is -0.456 e. The van der Waals surface area contributed by atoms with Crippen LogP contribution < -0.4 is 0 Å². The van der Waals surface area contributed by atoms with Crippen molar-refractivity contribution in [2.45, 2.75) is 0 Å². The fraction of sp³-hybridized carbons (Fsp3) is 0. The summed E-state index contributed by atoms with van der Waals surface area (Å²) in [7, 11) is 0. The summed E-state index contributed by atoms with van der Waals surface area (Å²) in [5, 5.41) is 7.39. The molecule has 0 fully saturated rings. The van der Waals surface area contributed by atoms with Crippen LogP contribution in [0.25, 0.3) is 54.5 Å². The predicted molar refractivity (Wildman–Crippen MR) is 101 cm³/mol. The van der Waals surface area contributed by atoms with E-state index < -0.39 is 0 Å². The summed E-state index contributed by atoms with van der Waals surface area (Å²) in [5.41, 5.74) is 4.20. The van der Waals surface area contributed by atoms with Crippen molar-refractivity contribution in [2.24, 2.45) is 0 Å². The van der Waals surface area contributed by atoms with Crippen LogP contribution in [0.4, 0.5) is 0 Å². The van der Waals surface area contributed by atoms with Crippen molar-refractivity contribution >= 4 is 54.5 Å². The zero-order valence-electron chi connectivity index (χ0n) is 12.8. The Morgan fingerprint density at radius 1 is 0.583 bits per heavy atom. The fourth-order valence-electron chi connectivity index (χ4n) is 3.90. The summed E-state index contributed by atoms with van der Waals surface area (Å²) >= 11 is 0. The number of hydrogen-bond acceptors (Lipinski definition) is 1. The van der Waals surface area contributed by atoms with E-state index in [9.17, 15) is 0 Å². The first-order valence-electron chi connectivity index (χ1n) is 8.13. The summed E-state index contributed by atoms with van der Waals surface area (Å²) in [4.78, 5) is 3.58. The number of aromatic nitrogens is 1. The van der Waals surface area contributed by atoms with Crippen LogP contribution in [0.3, 0.4) is 0 Å². The lowest BCUT2D eigenvalue weighted by Crippen LogP contribution is -1.73. The van der Waals surface area contributed by atoms with Crippen molar-refractivity contribution < 1.29 is 4.42 Å². The Bertz CT molecular complexity index is 1400. The molecule has 0 radical (unpaired) electrons. The molecule has 6 rings (SSSR count). The maximum Gasteiger partial charge on any atom is 0.136 e. The van der Waals surface area contributed by atoms with Gasteiger partial charge >= 0.3 is 0 Å². The molecule has 24 heavy (non-hydrogen) atoms. The Morgan fingerprint density at radius 3 is 2.29 bits per heavy atom. The largest absolute Gasteiger partial charge is 0.456 e. The Labute approximate surface area is 137 Å². The lowest BCUT2D eigenvalue weighted by atomic mass is 10.0. The molecule has 1 N–H and O–H groups in total. The van der Waals surface area contributed by atoms with Crippen LogP contribution in [-0.4, -0.2) is 4.98 Å². The van der Waals surface area contributed by atoms with Crippen molar-refractivity contribution in [2.75, 3.05) is 0 Å². The van der Waals surface area contributed by atoms with E-state index in [1.165, 1.54) is 37.8 Å². The molecule has 0 bridgehead atoms.